The van der Waals surface area contributed by atoms with E-state index in [9.17, 15) is 0 Å². The Morgan fingerprint density at radius 2 is 2.25 bits per heavy atom. The van der Waals surface area contributed by atoms with E-state index < -0.39 is 0 Å². The Bertz CT molecular complexity index is 423. The lowest BCUT2D eigenvalue weighted by Crippen LogP contribution is -2.48. The third-order valence-corrected chi connectivity index (χ3v) is 4.68. The van der Waals surface area contributed by atoms with Crippen molar-refractivity contribution in [3.8, 4) is 0 Å². The normalized spacial score (nSPS) is 24.1. The molecule has 1 unspecified atom stereocenters. The average Bonchev–Trinajstić information content (AvgIpc) is 2.65. The zero-order valence-corrected chi connectivity index (χ0v) is 13.5. The molecule has 0 aromatic carbocycles. The van der Waals surface area contributed by atoms with E-state index in [1.54, 1.807) is 13.3 Å². The second-order valence-electron chi connectivity index (χ2n) is 5.92. The summed E-state index contributed by atoms with van der Waals surface area (Å²) in [5.41, 5.74) is 1.06. The van der Waals surface area contributed by atoms with Crippen molar-refractivity contribution >= 4 is 11.6 Å². The van der Waals surface area contributed by atoms with Crippen LogP contribution in [0.3, 0.4) is 0 Å². The van der Waals surface area contributed by atoms with Crippen LogP contribution in [0, 0.1) is 5.92 Å². The first-order valence-corrected chi connectivity index (χ1v) is 7.95. The fourth-order valence-electron chi connectivity index (χ4n) is 3.23. The molecule has 1 saturated heterocycles. The SMILES string of the molecule is COCCn1ncc(Cl)c1C1(C(C)C)CCCCCN1. The molecule has 0 saturated carbocycles. The Labute approximate surface area is 126 Å². The highest BCUT2D eigenvalue weighted by molar-refractivity contribution is 6.31. The lowest BCUT2D eigenvalue weighted by Gasteiger charge is -2.38. The Balaban J connectivity index is 2.40. The van der Waals surface area contributed by atoms with E-state index in [0.717, 1.165) is 30.2 Å². The first-order chi connectivity index (χ1) is 9.62. The molecule has 1 aliphatic rings. The number of rotatable bonds is 5. The van der Waals surface area contributed by atoms with Gasteiger partial charge in [0, 0.05) is 7.11 Å². The molecule has 2 heterocycles. The van der Waals surface area contributed by atoms with Crippen LogP contribution >= 0.6 is 11.6 Å². The number of halogens is 1. The van der Waals surface area contributed by atoms with Crippen LogP contribution in [0.15, 0.2) is 6.20 Å². The number of aromatic nitrogens is 2. The first-order valence-electron chi connectivity index (χ1n) is 7.57. The molecule has 5 heteroatoms. The predicted molar refractivity (Wildman–Crippen MR) is 82.1 cm³/mol. The second-order valence-corrected chi connectivity index (χ2v) is 6.33. The molecule has 2 rings (SSSR count). The molecule has 0 spiro atoms. The second kappa shape index (κ2) is 6.92. The van der Waals surface area contributed by atoms with E-state index in [1.165, 1.54) is 19.3 Å². The molecule has 114 valence electrons. The lowest BCUT2D eigenvalue weighted by atomic mass is 9.79. The van der Waals surface area contributed by atoms with Gasteiger partial charge in [0.1, 0.15) is 0 Å². The van der Waals surface area contributed by atoms with Crippen molar-refractivity contribution in [1.82, 2.24) is 15.1 Å². The fourth-order valence-corrected chi connectivity index (χ4v) is 3.54. The van der Waals surface area contributed by atoms with Crippen molar-refractivity contribution in [2.24, 2.45) is 5.92 Å². The minimum absolute atomic E-state index is 0.0716. The molecule has 1 atom stereocenters. The summed E-state index contributed by atoms with van der Waals surface area (Å²) in [4.78, 5) is 0. The zero-order valence-electron chi connectivity index (χ0n) is 12.8. The Morgan fingerprint density at radius 3 is 2.95 bits per heavy atom. The molecule has 4 nitrogen and oxygen atoms in total. The number of hydrogen-bond donors (Lipinski definition) is 1. The summed E-state index contributed by atoms with van der Waals surface area (Å²) in [6.07, 6.45) is 6.63. The quantitative estimate of drug-likeness (QED) is 0.907. The van der Waals surface area contributed by atoms with Crippen LogP contribution in [0.5, 0.6) is 0 Å². The van der Waals surface area contributed by atoms with E-state index in [2.05, 4.69) is 24.3 Å². The lowest BCUT2D eigenvalue weighted by molar-refractivity contribution is 0.169. The zero-order chi connectivity index (χ0) is 14.6. The molecular weight excluding hydrogens is 274 g/mol. The van der Waals surface area contributed by atoms with Gasteiger partial charge in [-0.1, -0.05) is 38.3 Å². The number of ether oxygens (including phenoxy) is 1. The Hall–Kier alpha value is -0.580. The monoisotopic (exact) mass is 299 g/mol. The number of nitrogens with zero attached hydrogens (tertiary/aromatic N) is 2. The Morgan fingerprint density at radius 1 is 1.45 bits per heavy atom. The van der Waals surface area contributed by atoms with Crippen molar-refractivity contribution in [2.45, 2.75) is 51.6 Å². The average molecular weight is 300 g/mol. The minimum atomic E-state index is -0.0716. The van der Waals surface area contributed by atoms with Gasteiger partial charge in [-0.25, -0.2) is 0 Å². The van der Waals surface area contributed by atoms with Crippen molar-refractivity contribution in [3.05, 3.63) is 16.9 Å². The molecule has 20 heavy (non-hydrogen) atoms. The fraction of sp³-hybridized carbons (Fsp3) is 0.800. The molecule has 0 radical (unpaired) electrons. The summed E-state index contributed by atoms with van der Waals surface area (Å²) in [6.45, 7) is 6.97. The van der Waals surface area contributed by atoms with Crippen LogP contribution in [0.25, 0.3) is 0 Å². The van der Waals surface area contributed by atoms with Gasteiger partial charge in [-0.3, -0.25) is 4.68 Å². The van der Waals surface area contributed by atoms with Crippen LogP contribution in [-0.2, 0) is 16.8 Å². The van der Waals surface area contributed by atoms with Gasteiger partial charge in [0.05, 0.1) is 35.6 Å². The standard InChI is InChI=1S/C15H26ClN3O/c1-12(2)15(7-5-4-6-8-17-15)14-13(16)11-18-19(14)9-10-20-3/h11-12,17H,4-10H2,1-3H3. The highest BCUT2D eigenvalue weighted by atomic mass is 35.5. The summed E-state index contributed by atoms with van der Waals surface area (Å²) in [7, 11) is 1.72. The maximum absolute atomic E-state index is 6.48. The third-order valence-electron chi connectivity index (χ3n) is 4.40. The molecule has 1 fully saturated rings. The number of methoxy groups -OCH3 is 1. The van der Waals surface area contributed by atoms with Gasteiger partial charge >= 0.3 is 0 Å². The van der Waals surface area contributed by atoms with Crippen LogP contribution < -0.4 is 5.32 Å². The van der Waals surface area contributed by atoms with Crippen LogP contribution in [0.4, 0.5) is 0 Å². The smallest absolute Gasteiger partial charge is 0.0837 e. The largest absolute Gasteiger partial charge is 0.383 e. The van der Waals surface area contributed by atoms with Crippen molar-refractivity contribution in [2.75, 3.05) is 20.3 Å². The molecule has 0 bridgehead atoms. The molecule has 1 aromatic heterocycles. The summed E-state index contributed by atoms with van der Waals surface area (Å²) >= 11 is 6.48. The summed E-state index contributed by atoms with van der Waals surface area (Å²) in [6, 6.07) is 0. The van der Waals surface area contributed by atoms with Crippen LogP contribution in [0.1, 0.15) is 45.2 Å². The number of nitrogens with one attached hydrogen (secondary N) is 1. The predicted octanol–water partition coefficient (Wildman–Crippen LogP) is 3.20. The van der Waals surface area contributed by atoms with Gasteiger partial charge < -0.3 is 10.1 Å². The van der Waals surface area contributed by atoms with E-state index in [-0.39, 0.29) is 5.54 Å². The third kappa shape index (κ3) is 3.02. The van der Waals surface area contributed by atoms with Gasteiger partial charge in [0.15, 0.2) is 0 Å². The van der Waals surface area contributed by atoms with E-state index in [1.807, 2.05) is 4.68 Å². The number of hydrogen-bond acceptors (Lipinski definition) is 3. The van der Waals surface area contributed by atoms with Crippen molar-refractivity contribution in [1.29, 1.82) is 0 Å². The minimum Gasteiger partial charge on any atom is -0.383 e. The van der Waals surface area contributed by atoms with Crippen molar-refractivity contribution < 1.29 is 4.74 Å². The topological polar surface area (TPSA) is 39.1 Å². The van der Waals surface area contributed by atoms with Crippen LogP contribution in [-0.4, -0.2) is 30.0 Å². The van der Waals surface area contributed by atoms with Gasteiger partial charge in [0.2, 0.25) is 0 Å². The Kier molecular flexibility index (Phi) is 5.47. The summed E-state index contributed by atoms with van der Waals surface area (Å²) in [5.74, 6) is 0.469. The van der Waals surface area contributed by atoms with Gasteiger partial charge in [0.25, 0.3) is 0 Å². The van der Waals surface area contributed by atoms with Crippen molar-refractivity contribution in [3.63, 3.8) is 0 Å². The van der Waals surface area contributed by atoms with E-state index >= 15 is 0 Å². The maximum Gasteiger partial charge on any atom is 0.0837 e. The van der Waals surface area contributed by atoms with Gasteiger partial charge in [-0.15, -0.1) is 0 Å². The summed E-state index contributed by atoms with van der Waals surface area (Å²) < 4.78 is 7.21. The first kappa shape index (κ1) is 15.8. The summed E-state index contributed by atoms with van der Waals surface area (Å²) in [5, 5.41) is 8.99. The molecule has 0 aliphatic carbocycles. The van der Waals surface area contributed by atoms with E-state index in [4.69, 9.17) is 16.3 Å². The molecule has 0 amide bonds. The molecule has 1 N–H and O–H groups in total. The highest BCUT2D eigenvalue weighted by Gasteiger charge is 2.40. The highest BCUT2D eigenvalue weighted by Crippen LogP contribution is 2.39. The van der Waals surface area contributed by atoms with Crippen LogP contribution in [0.2, 0.25) is 5.02 Å². The van der Waals surface area contributed by atoms with Gasteiger partial charge in [-0.05, 0) is 25.3 Å². The molecule has 1 aromatic rings. The molecular formula is C15H26ClN3O. The van der Waals surface area contributed by atoms with E-state index in [0.29, 0.717) is 12.5 Å². The maximum atomic E-state index is 6.48. The molecule has 1 aliphatic heterocycles. The van der Waals surface area contributed by atoms with Gasteiger partial charge in [-0.2, -0.15) is 5.10 Å².